The maximum Gasteiger partial charge on any atom is 0.228 e. The third kappa shape index (κ3) is 1.59. The lowest BCUT2D eigenvalue weighted by Crippen LogP contribution is -2.61. The van der Waals surface area contributed by atoms with Gasteiger partial charge in [-0.05, 0) is 6.92 Å². The van der Waals surface area contributed by atoms with Gasteiger partial charge in [0.2, 0.25) is 11.8 Å². The molecule has 1 unspecified atom stereocenters. The third-order valence-electron chi connectivity index (χ3n) is 2.89. The maximum atomic E-state index is 11.7. The summed E-state index contributed by atoms with van der Waals surface area (Å²) in [7, 11) is 0. The summed E-state index contributed by atoms with van der Waals surface area (Å²) in [5.74, 6) is 0.0740. The lowest BCUT2D eigenvalue weighted by Gasteiger charge is -2.38. The summed E-state index contributed by atoms with van der Waals surface area (Å²) in [6.45, 7) is 3.96. The second-order valence-electron chi connectivity index (χ2n) is 4.34. The number of rotatable bonds is 2. The molecule has 0 spiro atoms. The molecule has 14 heavy (non-hydrogen) atoms. The third-order valence-corrected chi connectivity index (χ3v) is 2.89. The Morgan fingerprint density at radius 3 is 2.71 bits per heavy atom. The average molecular weight is 197 g/mol. The van der Waals surface area contributed by atoms with Crippen LogP contribution in [0.15, 0.2) is 0 Å². The lowest BCUT2D eigenvalue weighted by molar-refractivity contribution is -0.133. The van der Waals surface area contributed by atoms with Gasteiger partial charge in [-0.15, -0.1) is 0 Å². The van der Waals surface area contributed by atoms with Crippen molar-refractivity contribution in [1.29, 1.82) is 0 Å². The van der Waals surface area contributed by atoms with Gasteiger partial charge in [-0.3, -0.25) is 9.59 Å². The van der Waals surface area contributed by atoms with Gasteiger partial charge in [0.1, 0.15) is 0 Å². The van der Waals surface area contributed by atoms with E-state index >= 15 is 0 Å². The number of nitrogens with one attached hydrogen (secondary N) is 3. The van der Waals surface area contributed by atoms with Crippen molar-refractivity contribution in [1.82, 2.24) is 16.0 Å². The van der Waals surface area contributed by atoms with Crippen LogP contribution >= 0.6 is 0 Å². The first-order valence-corrected chi connectivity index (χ1v) is 4.88. The van der Waals surface area contributed by atoms with Gasteiger partial charge in [0, 0.05) is 26.1 Å². The van der Waals surface area contributed by atoms with E-state index in [1.54, 1.807) is 0 Å². The highest BCUT2D eigenvalue weighted by atomic mass is 16.2. The van der Waals surface area contributed by atoms with Crippen molar-refractivity contribution in [2.24, 2.45) is 5.41 Å². The molecule has 1 atom stereocenters. The molecule has 3 N–H and O–H groups in total. The topological polar surface area (TPSA) is 70.2 Å². The van der Waals surface area contributed by atoms with Crippen LogP contribution in [-0.2, 0) is 9.59 Å². The molecule has 2 amide bonds. The van der Waals surface area contributed by atoms with Crippen LogP contribution in [0.4, 0.5) is 0 Å². The van der Waals surface area contributed by atoms with Crippen LogP contribution < -0.4 is 16.0 Å². The van der Waals surface area contributed by atoms with E-state index in [4.69, 9.17) is 0 Å². The fraction of sp³-hybridized carbons (Fsp3) is 0.778. The molecule has 0 bridgehead atoms. The van der Waals surface area contributed by atoms with Crippen molar-refractivity contribution in [3.05, 3.63) is 0 Å². The Balaban J connectivity index is 1.85. The molecule has 78 valence electrons. The Bertz CT molecular complexity index is 273. The van der Waals surface area contributed by atoms with E-state index in [1.165, 1.54) is 0 Å². The minimum atomic E-state index is -0.272. The van der Waals surface area contributed by atoms with Gasteiger partial charge in [-0.1, -0.05) is 0 Å². The average Bonchev–Trinajstić information content (AvgIpc) is 2.47. The first-order valence-electron chi connectivity index (χ1n) is 4.88. The van der Waals surface area contributed by atoms with E-state index in [-0.39, 0.29) is 23.3 Å². The van der Waals surface area contributed by atoms with E-state index in [9.17, 15) is 9.59 Å². The first kappa shape index (κ1) is 9.45. The highest BCUT2D eigenvalue weighted by Crippen LogP contribution is 2.21. The van der Waals surface area contributed by atoms with Crippen LogP contribution in [-0.4, -0.2) is 37.5 Å². The predicted molar refractivity (Wildman–Crippen MR) is 50.5 cm³/mol. The summed E-state index contributed by atoms with van der Waals surface area (Å²) >= 11 is 0. The zero-order chi connectivity index (χ0) is 10.2. The Kier molecular flexibility index (Phi) is 2.19. The molecule has 2 aliphatic heterocycles. The second kappa shape index (κ2) is 3.24. The van der Waals surface area contributed by atoms with Gasteiger partial charge >= 0.3 is 0 Å². The van der Waals surface area contributed by atoms with Crippen LogP contribution in [0, 0.1) is 5.41 Å². The van der Waals surface area contributed by atoms with Gasteiger partial charge in [0.25, 0.3) is 0 Å². The van der Waals surface area contributed by atoms with Gasteiger partial charge in [0.05, 0.1) is 11.5 Å². The lowest BCUT2D eigenvalue weighted by atomic mass is 9.83. The predicted octanol–water partition coefficient (Wildman–Crippen LogP) is -1.40. The molecule has 0 saturated carbocycles. The Hall–Kier alpha value is -1.10. The molecule has 2 fully saturated rings. The highest BCUT2D eigenvalue weighted by molar-refractivity contribution is 5.86. The molecular formula is C9H15N3O2. The minimum absolute atomic E-state index is 0.0205. The van der Waals surface area contributed by atoms with Gasteiger partial charge in [0.15, 0.2) is 0 Å². The summed E-state index contributed by atoms with van der Waals surface area (Å²) in [4.78, 5) is 22.6. The molecule has 0 radical (unpaired) electrons. The smallest absolute Gasteiger partial charge is 0.228 e. The van der Waals surface area contributed by atoms with E-state index in [0.717, 1.165) is 13.1 Å². The van der Waals surface area contributed by atoms with Crippen LogP contribution in [0.25, 0.3) is 0 Å². The zero-order valence-electron chi connectivity index (χ0n) is 8.22. The zero-order valence-corrected chi connectivity index (χ0v) is 8.22. The fourth-order valence-corrected chi connectivity index (χ4v) is 1.73. The van der Waals surface area contributed by atoms with E-state index < -0.39 is 0 Å². The monoisotopic (exact) mass is 197 g/mol. The van der Waals surface area contributed by atoms with Gasteiger partial charge in [-0.2, -0.15) is 0 Å². The van der Waals surface area contributed by atoms with Crippen molar-refractivity contribution in [3.63, 3.8) is 0 Å². The molecule has 5 nitrogen and oxygen atoms in total. The van der Waals surface area contributed by atoms with E-state index in [2.05, 4.69) is 16.0 Å². The van der Waals surface area contributed by atoms with Crippen LogP contribution in [0.3, 0.4) is 0 Å². The number of hydrogen-bond donors (Lipinski definition) is 3. The normalized spacial score (nSPS) is 29.2. The Labute approximate surface area is 82.6 Å². The minimum Gasteiger partial charge on any atom is -0.354 e. The number of hydrogen-bond acceptors (Lipinski definition) is 3. The molecule has 2 saturated heterocycles. The molecule has 0 aromatic carbocycles. The largest absolute Gasteiger partial charge is 0.354 e. The van der Waals surface area contributed by atoms with Crippen LogP contribution in [0.2, 0.25) is 0 Å². The number of carbonyl (C=O) groups excluding carboxylic acids is 2. The number of carbonyl (C=O) groups is 2. The molecule has 2 heterocycles. The Morgan fingerprint density at radius 2 is 2.29 bits per heavy atom. The Morgan fingerprint density at radius 1 is 1.57 bits per heavy atom. The highest BCUT2D eigenvalue weighted by Gasteiger charge is 2.40. The molecule has 5 heteroatoms. The maximum absolute atomic E-state index is 11.7. The van der Waals surface area contributed by atoms with Crippen molar-refractivity contribution in [3.8, 4) is 0 Å². The van der Waals surface area contributed by atoms with Crippen molar-refractivity contribution in [2.75, 3.05) is 19.6 Å². The summed E-state index contributed by atoms with van der Waals surface area (Å²) in [6, 6.07) is -0.0209. The van der Waals surface area contributed by atoms with Gasteiger partial charge in [-0.25, -0.2) is 0 Å². The molecule has 0 aromatic rings. The molecule has 0 aliphatic carbocycles. The summed E-state index contributed by atoms with van der Waals surface area (Å²) in [5.41, 5.74) is -0.272. The van der Waals surface area contributed by atoms with Crippen LogP contribution in [0.5, 0.6) is 0 Å². The fourth-order valence-electron chi connectivity index (χ4n) is 1.73. The van der Waals surface area contributed by atoms with E-state index in [1.807, 2.05) is 6.92 Å². The van der Waals surface area contributed by atoms with Gasteiger partial charge < -0.3 is 16.0 Å². The van der Waals surface area contributed by atoms with Crippen LogP contribution in [0.1, 0.15) is 13.3 Å². The number of amides is 2. The summed E-state index contributed by atoms with van der Waals surface area (Å²) in [6.07, 6.45) is 0.412. The van der Waals surface area contributed by atoms with Crippen molar-refractivity contribution < 1.29 is 9.59 Å². The quantitative estimate of drug-likeness (QED) is 0.510. The SMILES string of the molecule is CC1(C(=O)NC2CNC(=O)C2)CNC1. The molecular weight excluding hydrogens is 182 g/mol. The molecule has 0 aromatic heterocycles. The van der Waals surface area contributed by atoms with Crippen molar-refractivity contribution in [2.45, 2.75) is 19.4 Å². The second-order valence-corrected chi connectivity index (χ2v) is 4.34. The summed E-state index contributed by atoms with van der Waals surface area (Å²) in [5, 5.41) is 8.66. The summed E-state index contributed by atoms with van der Waals surface area (Å²) < 4.78 is 0. The molecule has 2 rings (SSSR count). The first-order chi connectivity index (χ1) is 6.60. The molecule has 2 aliphatic rings. The van der Waals surface area contributed by atoms with E-state index in [0.29, 0.717) is 13.0 Å². The van der Waals surface area contributed by atoms with Crippen molar-refractivity contribution >= 4 is 11.8 Å². The standard InChI is InChI=1S/C9H15N3O2/c1-9(4-10-5-9)8(14)12-6-2-7(13)11-3-6/h6,10H,2-5H2,1H3,(H,11,13)(H,12,14).